The van der Waals surface area contributed by atoms with E-state index in [4.69, 9.17) is 10.8 Å². The molecule has 0 fully saturated rings. The highest BCUT2D eigenvalue weighted by Gasteiger charge is 2.15. The van der Waals surface area contributed by atoms with Gasteiger partial charge in [-0.3, -0.25) is 14.2 Å². The minimum absolute atomic E-state index is 0.252. The van der Waals surface area contributed by atoms with Crippen LogP contribution in [0.4, 0.5) is 0 Å². The number of pyridine rings is 1. The summed E-state index contributed by atoms with van der Waals surface area (Å²) in [5.41, 5.74) is 4.22. The monoisotopic (exact) mass is 246 g/mol. The lowest BCUT2D eigenvalue weighted by Gasteiger charge is -2.09. The Bertz CT molecular complexity index is 703. The number of rotatable bonds is 3. The Morgan fingerprint density at radius 3 is 2.56 bits per heavy atom. The van der Waals surface area contributed by atoms with Gasteiger partial charge in [-0.1, -0.05) is 18.2 Å². The summed E-state index contributed by atoms with van der Waals surface area (Å²) >= 11 is 0. The predicted molar refractivity (Wildman–Crippen MR) is 64.4 cm³/mol. The largest absolute Gasteiger partial charge is 0.477 e. The van der Waals surface area contributed by atoms with E-state index in [1.165, 1.54) is 6.07 Å². The van der Waals surface area contributed by atoms with E-state index in [0.717, 1.165) is 4.57 Å². The summed E-state index contributed by atoms with van der Waals surface area (Å²) in [5, 5.41) is 9.92. The zero-order valence-corrected chi connectivity index (χ0v) is 9.29. The first-order chi connectivity index (χ1) is 8.50. The fraction of sp³-hybridized carbons (Fsp3) is 0.0833. The summed E-state index contributed by atoms with van der Waals surface area (Å²) in [6.07, 6.45) is 0. The summed E-state index contributed by atoms with van der Waals surface area (Å²) in [6, 6.07) is 7.92. The van der Waals surface area contributed by atoms with E-state index in [1.54, 1.807) is 24.3 Å². The van der Waals surface area contributed by atoms with E-state index >= 15 is 0 Å². The van der Waals surface area contributed by atoms with Gasteiger partial charge in [0.2, 0.25) is 5.91 Å². The summed E-state index contributed by atoms with van der Waals surface area (Å²) in [5.74, 6) is -2.05. The van der Waals surface area contributed by atoms with Crippen LogP contribution in [0.2, 0.25) is 0 Å². The molecule has 0 bridgehead atoms. The molecule has 2 aromatic rings. The minimum atomic E-state index is -1.28. The number of carboxylic acid groups (broad SMARTS) is 1. The van der Waals surface area contributed by atoms with Crippen molar-refractivity contribution in [3.63, 3.8) is 0 Å². The summed E-state index contributed by atoms with van der Waals surface area (Å²) in [7, 11) is 0. The zero-order valence-electron chi connectivity index (χ0n) is 9.29. The maximum absolute atomic E-state index is 12.1. The van der Waals surface area contributed by atoms with E-state index in [-0.39, 0.29) is 5.69 Å². The third-order valence-corrected chi connectivity index (χ3v) is 2.55. The molecule has 0 aliphatic rings. The molecular weight excluding hydrogens is 236 g/mol. The topological polar surface area (TPSA) is 102 Å². The predicted octanol–water partition coefficient (Wildman–Crippen LogP) is 0.185. The van der Waals surface area contributed by atoms with Crippen molar-refractivity contribution in [3.8, 4) is 0 Å². The molecule has 1 heterocycles. The third-order valence-electron chi connectivity index (χ3n) is 2.55. The van der Waals surface area contributed by atoms with E-state index < -0.39 is 24.0 Å². The normalized spacial score (nSPS) is 10.4. The Balaban J connectivity index is 2.84. The van der Waals surface area contributed by atoms with Crippen LogP contribution in [-0.4, -0.2) is 21.6 Å². The van der Waals surface area contributed by atoms with E-state index in [1.807, 2.05) is 0 Å². The van der Waals surface area contributed by atoms with Gasteiger partial charge in [0.1, 0.15) is 12.2 Å². The van der Waals surface area contributed by atoms with Gasteiger partial charge in [-0.05, 0) is 17.5 Å². The average molecular weight is 246 g/mol. The molecule has 0 radical (unpaired) electrons. The SMILES string of the molecule is NC(=O)Cn1c(C(=O)O)cc2ccccc2c1=O. The van der Waals surface area contributed by atoms with Crippen LogP contribution in [0.5, 0.6) is 0 Å². The van der Waals surface area contributed by atoms with Crippen molar-refractivity contribution >= 4 is 22.6 Å². The van der Waals surface area contributed by atoms with Gasteiger partial charge >= 0.3 is 5.97 Å². The molecule has 1 aromatic carbocycles. The summed E-state index contributed by atoms with van der Waals surface area (Å²) < 4.78 is 0.868. The molecule has 0 unspecified atom stereocenters. The Morgan fingerprint density at radius 1 is 1.28 bits per heavy atom. The Labute approximate surface area is 101 Å². The summed E-state index contributed by atoms with van der Waals surface area (Å²) in [4.78, 5) is 34.1. The Kier molecular flexibility index (Phi) is 2.85. The van der Waals surface area contributed by atoms with Crippen molar-refractivity contribution in [2.24, 2.45) is 5.73 Å². The van der Waals surface area contributed by atoms with Gasteiger partial charge in [-0.2, -0.15) is 0 Å². The Morgan fingerprint density at radius 2 is 1.94 bits per heavy atom. The van der Waals surface area contributed by atoms with Crippen LogP contribution in [0.3, 0.4) is 0 Å². The molecule has 1 amide bonds. The number of amides is 1. The highest BCUT2D eigenvalue weighted by Crippen LogP contribution is 2.12. The number of benzene rings is 1. The number of aromatic carboxylic acids is 1. The quantitative estimate of drug-likeness (QED) is 0.806. The molecule has 2 rings (SSSR count). The van der Waals surface area contributed by atoms with Crippen LogP contribution in [0, 0.1) is 0 Å². The number of aromatic nitrogens is 1. The van der Waals surface area contributed by atoms with Crippen molar-refractivity contribution in [1.29, 1.82) is 0 Å². The lowest BCUT2D eigenvalue weighted by Crippen LogP contribution is -2.31. The third kappa shape index (κ3) is 1.95. The lowest BCUT2D eigenvalue weighted by molar-refractivity contribution is -0.118. The average Bonchev–Trinajstić information content (AvgIpc) is 2.32. The molecule has 6 nitrogen and oxygen atoms in total. The molecule has 18 heavy (non-hydrogen) atoms. The smallest absolute Gasteiger partial charge is 0.352 e. The number of carbonyl (C=O) groups is 2. The van der Waals surface area contributed by atoms with Gasteiger partial charge in [-0.15, -0.1) is 0 Å². The Hall–Kier alpha value is -2.63. The molecule has 0 saturated carbocycles. The highest BCUT2D eigenvalue weighted by atomic mass is 16.4. The number of nitrogens with two attached hydrogens (primary N) is 1. The van der Waals surface area contributed by atoms with Crippen LogP contribution in [0.1, 0.15) is 10.5 Å². The van der Waals surface area contributed by atoms with E-state index in [0.29, 0.717) is 10.8 Å². The first kappa shape index (κ1) is 11.8. The van der Waals surface area contributed by atoms with Crippen molar-refractivity contribution in [1.82, 2.24) is 4.57 Å². The number of nitrogens with zero attached hydrogens (tertiary/aromatic N) is 1. The zero-order chi connectivity index (χ0) is 13.3. The molecule has 92 valence electrons. The van der Waals surface area contributed by atoms with Crippen molar-refractivity contribution < 1.29 is 14.7 Å². The van der Waals surface area contributed by atoms with E-state index in [2.05, 4.69) is 0 Å². The molecule has 1 aromatic heterocycles. The molecule has 0 aliphatic heterocycles. The standard InChI is InChI=1S/C12H10N2O4/c13-10(15)6-14-9(12(17)18)5-7-3-1-2-4-8(7)11(14)16/h1-5H,6H2,(H2,13,15)(H,17,18). The van der Waals surface area contributed by atoms with Crippen molar-refractivity contribution in [2.45, 2.75) is 6.54 Å². The van der Waals surface area contributed by atoms with Crippen LogP contribution in [0.25, 0.3) is 10.8 Å². The van der Waals surface area contributed by atoms with Crippen LogP contribution in [-0.2, 0) is 11.3 Å². The van der Waals surface area contributed by atoms with Crippen molar-refractivity contribution in [2.75, 3.05) is 0 Å². The van der Waals surface area contributed by atoms with Crippen LogP contribution < -0.4 is 11.3 Å². The lowest BCUT2D eigenvalue weighted by atomic mass is 10.1. The van der Waals surface area contributed by atoms with E-state index in [9.17, 15) is 14.4 Å². The number of carboxylic acids is 1. The molecule has 0 saturated heterocycles. The second-order valence-corrected chi connectivity index (χ2v) is 3.78. The first-order valence-electron chi connectivity index (χ1n) is 5.15. The van der Waals surface area contributed by atoms with Gasteiger partial charge in [-0.25, -0.2) is 4.79 Å². The first-order valence-corrected chi connectivity index (χ1v) is 5.15. The molecule has 0 aliphatic carbocycles. The molecule has 6 heteroatoms. The highest BCUT2D eigenvalue weighted by molar-refractivity contribution is 5.92. The fourth-order valence-corrected chi connectivity index (χ4v) is 1.79. The fourth-order valence-electron chi connectivity index (χ4n) is 1.79. The van der Waals surface area contributed by atoms with Crippen LogP contribution in [0.15, 0.2) is 35.1 Å². The molecule has 0 atom stereocenters. The summed E-state index contributed by atoms with van der Waals surface area (Å²) in [6.45, 7) is -0.453. The van der Waals surface area contributed by atoms with Gasteiger partial charge in [0.25, 0.3) is 5.56 Å². The number of carbonyl (C=O) groups excluding carboxylic acids is 1. The minimum Gasteiger partial charge on any atom is -0.477 e. The number of primary amides is 1. The van der Waals surface area contributed by atoms with Gasteiger partial charge in [0.05, 0.1) is 0 Å². The van der Waals surface area contributed by atoms with Gasteiger partial charge in [0, 0.05) is 5.39 Å². The molecular formula is C12H10N2O4. The maximum Gasteiger partial charge on any atom is 0.352 e. The van der Waals surface area contributed by atoms with Gasteiger partial charge < -0.3 is 10.8 Å². The number of hydrogen-bond acceptors (Lipinski definition) is 3. The van der Waals surface area contributed by atoms with Gasteiger partial charge in [0.15, 0.2) is 0 Å². The second-order valence-electron chi connectivity index (χ2n) is 3.78. The second kappa shape index (κ2) is 4.33. The molecule has 0 spiro atoms. The maximum atomic E-state index is 12.1. The molecule has 3 N–H and O–H groups in total. The van der Waals surface area contributed by atoms with Crippen molar-refractivity contribution in [3.05, 3.63) is 46.4 Å². The number of fused-ring (bicyclic) bond motifs is 1. The van der Waals surface area contributed by atoms with Crippen LogP contribution >= 0.6 is 0 Å². The number of hydrogen-bond donors (Lipinski definition) is 2.